The second-order valence-corrected chi connectivity index (χ2v) is 4.08. The average molecular weight is 314 g/mol. The first-order valence-corrected chi connectivity index (χ1v) is 5.88. The van der Waals surface area contributed by atoms with E-state index in [1.807, 2.05) is 0 Å². The third-order valence-electron chi connectivity index (χ3n) is 1.78. The van der Waals surface area contributed by atoms with Gasteiger partial charge < -0.3 is 4.74 Å². The lowest BCUT2D eigenvalue weighted by molar-refractivity contribution is -0.0498. The molecule has 0 atom stereocenters. The summed E-state index contributed by atoms with van der Waals surface area (Å²) in [7, 11) is 0. The minimum Gasteiger partial charge on any atom is -0.435 e. The Balaban J connectivity index is 2.94. The molecule has 0 heterocycles. The number of rotatable bonds is 5. The summed E-state index contributed by atoms with van der Waals surface area (Å²) in [6.07, 6.45) is 0.248. The maximum Gasteiger partial charge on any atom is 0.387 e. The minimum absolute atomic E-state index is 0.0719. The molecule has 1 rings (SSSR count). The highest BCUT2D eigenvalue weighted by Gasteiger charge is 2.12. The Hall–Kier alpha value is -0.680. The highest BCUT2D eigenvalue weighted by Crippen LogP contribution is 2.24. The van der Waals surface area contributed by atoms with Gasteiger partial charge in [-0.15, -0.1) is 0 Å². The molecular formula is C10H8BrClF2O2. The zero-order valence-electron chi connectivity index (χ0n) is 8.05. The maximum absolute atomic E-state index is 12.0. The van der Waals surface area contributed by atoms with E-state index in [2.05, 4.69) is 20.7 Å². The first kappa shape index (κ1) is 13.4. The summed E-state index contributed by atoms with van der Waals surface area (Å²) in [6.45, 7) is -2.92. The van der Waals surface area contributed by atoms with Crippen LogP contribution in [0.4, 0.5) is 8.78 Å². The van der Waals surface area contributed by atoms with E-state index in [-0.39, 0.29) is 28.5 Å². The van der Waals surface area contributed by atoms with Gasteiger partial charge in [0.05, 0.1) is 5.02 Å². The summed E-state index contributed by atoms with van der Waals surface area (Å²) in [5.41, 5.74) is 0.194. The molecule has 0 amide bonds. The number of alkyl halides is 3. The maximum atomic E-state index is 12.0. The molecule has 0 spiro atoms. The monoisotopic (exact) mass is 312 g/mol. The molecule has 0 aliphatic heterocycles. The van der Waals surface area contributed by atoms with Crippen molar-refractivity contribution in [2.45, 2.75) is 13.0 Å². The van der Waals surface area contributed by atoms with Gasteiger partial charge in [-0.1, -0.05) is 27.5 Å². The van der Waals surface area contributed by atoms with Crippen LogP contribution in [0.25, 0.3) is 0 Å². The number of ether oxygens (including phenoxy) is 1. The van der Waals surface area contributed by atoms with Gasteiger partial charge in [-0.3, -0.25) is 4.79 Å². The molecule has 0 N–H and O–H groups in total. The van der Waals surface area contributed by atoms with E-state index in [9.17, 15) is 13.6 Å². The van der Waals surface area contributed by atoms with Gasteiger partial charge in [-0.2, -0.15) is 8.78 Å². The number of benzene rings is 1. The highest BCUT2D eigenvalue weighted by molar-refractivity contribution is 9.09. The number of hydrogen-bond acceptors (Lipinski definition) is 2. The fourth-order valence-electron chi connectivity index (χ4n) is 1.11. The van der Waals surface area contributed by atoms with Crippen LogP contribution in [-0.2, 0) is 0 Å². The zero-order valence-corrected chi connectivity index (χ0v) is 10.4. The van der Waals surface area contributed by atoms with E-state index >= 15 is 0 Å². The van der Waals surface area contributed by atoms with E-state index in [4.69, 9.17) is 11.6 Å². The van der Waals surface area contributed by atoms with E-state index in [1.54, 1.807) is 0 Å². The van der Waals surface area contributed by atoms with Gasteiger partial charge in [0.2, 0.25) is 0 Å². The molecule has 2 nitrogen and oxygen atoms in total. The molecule has 6 heteroatoms. The summed E-state index contributed by atoms with van der Waals surface area (Å²) >= 11 is 8.90. The Morgan fingerprint density at radius 3 is 2.75 bits per heavy atom. The summed E-state index contributed by atoms with van der Waals surface area (Å²) < 4.78 is 28.1. The molecule has 0 aromatic heterocycles. The van der Waals surface area contributed by atoms with Crippen LogP contribution in [0.3, 0.4) is 0 Å². The fourth-order valence-corrected chi connectivity index (χ4v) is 1.70. The van der Waals surface area contributed by atoms with Crippen LogP contribution in [0.15, 0.2) is 18.2 Å². The molecule has 0 aliphatic rings. The van der Waals surface area contributed by atoms with Crippen molar-refractivity contribution in [3.05, 3.63) is 28.8 Å². The van der Waals surface area contributed by atoms with Gasteiger partial charge >= 0.3 is 6.61 Å². The topological polar surface area (TPSA) is 26.3 Å². The molecule has 0 aliphatic carbocycles. The Kier molecular flexibility index (Phi) is 5.15. The van der Waals surface area contributed by atoms with Crippen molar-refractivity contribution in [3.8, 4) is 5.75 Å². The zero-order chi connectivity index (χ0) is 12.1. The number of ketones is 1. The third-order valence-corrected chi connectivity index (χ3v) is 2.51. The Bertz CT molecular complexity index is 385. The number of carbonyl (C=O) groups excluding carboxylic acids is 1. The van der Waals surface area contributed by atoms with Crippen LogP contribution in [-0.4, -0.2) is 17.7 Å². The van der Waals surface area contributed by atoms with E-state index in [1.165, 1.54) is 18.2 Å². The summed E-state index contributed by atoms with van der Waals surface area (Å²) in [5.74, 6) is -0.293. The molecule has 0 saturated heterocycles. The normalized spacial score (nSPS) is 10.6. The van der Waals surface area contributed by atoms with Crippen molar-refractivity contribution < 1.29 is 18.3 Å². The molecule has 88 valence electrons. The van der Waals surface area contributed by atoms with Crippen LogP contribution in [0.2, 0.25) is 5.02 Å². The van der Waals surface area contributed by atoms with Gasteiger partial charge in [0.15, 0.2) is 5.78 Å². The van der Waals surface area contributed by atoms with E-state index in [0.29, 0.717) is 5.33 Å². The quantitative estimate of drug-likeness (QED) is 0.608. The number of halogens is 4. The standard InChI is InChI=1S/C10H8BrClF2O2/c11-4-3-9(15)7-5-6(16-10(13)14)1-2-8(7)12/h1-2,5,10H,3-4H2. The third kappa shape index (κ3) is 3.72. The number of carbonyl (C=O) groups is 1. The smallest absolute Gasteiger partial charge is 0.387 e. The van der Waals surface area contributed by atoms with Crippen molar-refractivity contribution in [2.75, 3.05) is 5.33 Å². The van der Waals surface area contributed by atoms with Crippen molar-refractivity contribution in [1.29, 1.82) is 0 Å². The SMILES string of the molecule is O=C(CCBr)c1cc(OC(F)F)ccc1Cl. The highest BCUT2D eigenvalue weighted by atomic mass is 79.9. The molecule has 16 heavy (non-hydrogen) atoms. The Labute approximate surface area is 105 Å². The number of Topliss-reactive ketones (excluding diaryl/α,β-unsaturated/α-hetero) is 1. The predicted molar refractivity (Wildman–Crippen MR) is 60.8 cm³/mol. The van der Waals surface area contributed by atoms with Crippen molar-refractivity contribution in [3.63, 3.8) is 0 Å². The Morgan fingerprint density at radius 1 is 1.50 bits per heavy atom. The molecule has 0 bridgehead atoms. The second-order valence-electron chi connectivity index (χ2n) is 2.88. The van der Waals surface area contributed by atoms with Gasteiger partial charge in [0.1, 0.15) is 5.75 Å². The molecule has 1 aromatic carbocycles. The van der Waals surface area contributed by atoms with Gasteiger partial charge in [0.25, 0.3) is 0 Å². The first-order valence-electron chi connectivity index (χ1n) is 4.38. The first-order chi connectivity index (χ1) is 7.54. The van der Waals surface area contributed by atoms with Gasteiger partial charge in [-0.05, 0) is 18.2 Å². The van der Waals surface area contributed by atoms with Crippen molar-refractivity contribution in [1.82, 2.24) is 0 Å². The van der Waals surface area contributed by atoms with Crippen LogP contribution in [0.1, 0.15) is 16.8 Å². The van der Waals surface area contributed by atoms with Crippen LogP contribution in [0, 0.1) is 0 Å². The van der Waals surface area contributed by atoms with Crippen LogP contribution in [0.5, 0.6) is 5.75 Å². The van der Waals surface area contributed by atoms with E-state index in [0.717, 1.165) is 0 Å². The van der Waals surface area contributed by atoms with Crippen molar-refractivity contribution >= 4 is 33.3 Å². The molecule has 1 aromatic rings. The van der Waals surface area contributed by atoms with Crippen LogP contribution < -0.4 is 4.74 Å². The second kappa shape index (κ2) is 6.15. The predicted octanol–water partition coefficient (Wildman–Crippen LogP) is 3.91. The summed E-state index contributed by atoms with van der Waals surface area (Å²) in [5, 5.41) is 0.717. The lowest BCUT2D eigenvalue weighted by Gasteiger charge is -2.07. The van der Waals surface area contributed by atoms with E-state index < -0.39 is 6.61 Å². The van der Waals surface area contributed by atoms with Crippen molar-refractivity contribution in [2.24, 2.45) is 0 Å². The largest absolute Gasteiger partial charge is 0.435 e. The molecular weight excluding hydrogens is 305 g/mol. The lowest BCUT2D eigenvalue weighted by Crippen LogP contribution is -2.05. The molecule has 0 unspecified atom stereocenters. The fraction of sp³-hybridized carbons (Fsp3) is 0.300. The average Bonchev–Trinajstić information content (AvgIpc) is 2.20. The lowest BCUT2D eigenvalue weighted by atomic mass is 10.1. The van der Waals surface area contributed by atoms with Gasteiger partial charge in [0, 0.05) is 17.3 Å². The Morgan fingerprint density at radius 2 is 2.19 bits per heavy atom. The number of hydrogen-bond donors (Lipinski definition) is 0. The van der Waals surface area contributed by atoms with Gasteiger partial charge in [-0.25, -0.2) is 0 Å². The molecule has 0 saturated carbocycles. The minimum atomic E-state index is -2.92. The molecule has 0 fully saturated rings. The summed E-state index contributed by atoms with van der Waals surface area (Å²) in [4.78, 5) is 11.5. The van der Waals surface area contributed by atoms with Crippen LogP contribution >= 0.6 is 27.5 Å². The summed E-state index contributed by atoms with van der Waals surface area (Å²) in [6, 6.07) is 3.87. The molecule has 0 radical (unpaired) electrons.